The molecule has 2 aromatic rings. The molecular weight excluding hydrogens is 364 g/mol. The highest BCUT2D eigenvalue weighted by Gasteiger charge is 2.33. The summed E-state index contributed by atoms with van der Waals surface area (Å²) in [5.41, 5.74) is 1.62. The van der Waals surface area contributed by atoms with E-state index in [1.54, 1.807) is 26.0 Å². The molecule has 0 aromatic heterocycles. The molecule has 0 radical (unpaired) electrons. The SMILES string of the molecule is CCOc1ccccc1NC(=O)N1CCS[C@H]1c1ccc(OC)cc1OC. The second-order valence-electron chi connectivity index (χ2n) is 5.88. The maximum atomic E-state index is 13.0. The maximum Gasteiger partial charge on any atom is 0.323 e. The molecule has 0 aliphatic carbocycles. The molecule has 0 bridgehead atoms. The molecule has 1 aliphatic heterocycles. The highest BCUT2D eigenvalue weighted by molar-refractivity contribution is 7.99. The number of carbonyl (C=O) groups is 1. The number of hydrogen-bond acceptors (Lipinski definition) is 5. The number of ether oxygens (including phenoxy) is 3. The standard InChI is InChI=1S/C20H24N2O4S/c1-4-26-17-8-6-5-7-16(17)21-20(23)22-11-12-27-19(22)15-10-9-14(24-2)13-18(15)25-3/h5-10,13,19H,4,11-12H2,1-3H3,(H,21,23)/t19-/m0/s1. The molecule has 1 atom stereocenters. The third kappa shape index (κ3) is 4.24. The van der Waals surface area contributed by atoms with Gasteiger partial charge in [-0.2, -0.15) is 0 Å². The van der Waals surface area contributed by atoms with E-state index in [2.05, 4.69) is 5.32 Å². The summed E-state index contributed by atoms with van der Waals surface area (Å²) >= 11 is 1.71. The summed E-state index contributed by atoms with van der Waals surface area (Å²) in [7, 11) is 3.25. The van der Waals surface area contributed by atoms with Crippen LogP contribution in [0, 0.1) is 0 Å². The summed E-state index contributed by atoms with van der Waals surface area (Å²) < 4.78 is 16.4. The smallest absolute Gasteiger partial charge is 0.323 e. The summed E-state index contributed by atoms with van der Waals surface area (Å²) in [5, 5.41) is 2.86. The van der Waals surface area contributed by atoms with Crippen LogP contribution < -0.4 is 19.5 Å². The van der Waals surface area contributed by atoms with Crippen molar-refractivity contribution in [3.8, 4) is 17.2 Å². The molecule has 1 aliphatic rings. The van der Waals surface area contributed by atoms with Crippen molar-refractivity contribution in [2.24, 2.45) is 0 Å². The van der Waals surface area contributed by atoms with E-state index >= 15 is 0 Å². The number of benzene rings is 2. The van der Waals surface area contributed by atoms with Gasteiger partial charge < -0.3 is 24.4 Å². The van der Waals surface area contributed by atoms with Crippen molar-refractivity contribution in [2.75, 3.05) is 38.4 Å². The Morgan fingerprint density at radius 1 is 1.19 bits per heavy atom. The Kier molecular flexibility index (Phi) is 6.34. The zero-order valence-corrected chi connectivity index (χ0v) is 16.5. The Morgan fingerprint density at radius 2 is 2.00 bits per heavy atom. The summed E-state index contributed by atoms with van der Waals surface area (Å²) in [6, 6.07) is 13.0. The van der Waals surface area contributed by atoms with Crippen molar-refractivity contribution in [1.29, 1.82) is 0 Å². The van der Waals surface area contributed by atoms with Crippen LogP contribution in [0.5, 0.6) is 17.2 Å². The van der Waals surface area contributed by atoms with Crippen molar-refractivity contribution < 1.29 is 19.0 Å². The minimum Gasteiger partial charge on any atom is -0.497 e. The Hall–Kier alpha value is -2.54. The number of urea groups is 1. The number of hydrogen-bond donors (Lipinski definition) is 1. The van der Waals surface area contributed by atoms with Gasteiger partial charge in [-0.3, -0.25) is 0 Å². The van der Waals surface area contributed by atoms with Crippen LogP contribution in [0.4, 0.5) is 10.5 Å². The molecule has 1 N–H and O–H groups in total. The average molecular weight is 388 g/mol. The van der Waals surface area contributed by atoms with Gasteiger partial charge in [0.2, 0.25) is 0 Å². The van der Waals surface area contributed by atoms with Crippen LogP contribution in [-0.2, 0) is 0 Å². The number of rotatable bonds is 6. The molecule has 0 spiro atoms. The molecule has 0 unspecified atom stereocenters. The third-order valence-electron chi connectivity index (χ3n) is 4.29. The van der Waals surface area contributed by atoms with E-state index in [0.717, 1.165) is 17.1 Å². The van der Waals surface area contributed by atoms with Crippen LogP contribution >= 0.6 is 11.8 Å². The maximum absolute atomic E-state index is 13.0. The van der Waals surface area contributed by atoms with E-state index in [0.29, 0.717) is 30.3 Å². The first-order valence-electron chi connectivity index (χ1n) is 8.81. The Labute approximate surface area is 163 Å². The summed E-state index contributed by atoms with van der Waals surface area (Å²) in [4.78, 5) is 14.8. The molecule has 6 nitrogen and oxygen atoms in total. The molecule has 1 saturated heterocycles. The summed E-state index contributed by atoms with van der Waals surface area (Å²) in [6.07, 6.45) is 0. The number of para-hydroxylation sites is 2. The minimum absolute atomic E-state index is 0.120. The number of amides is 2. The van der Waals surface area contributed by atoms with Crippen molar-refractivity contribution >= 4 is 23.5 Å². The molecule has 2 aromatic carbocycles. The topological polar surface area (TPSA) is 60.0 Å². The van der Waals surface area contributed by atoms with Gasteiger partial charge in [0.1, 0.15) is 22.6 Å². The van der Waals surface area contributed by atoms with Gasteiger partial charge in [-0.15, -0.1) is 11.8 Å². The fourth-order valence-corrected chi connectivity index (χ4v) is 4.28. The molecular formula is C20H24N2O4S. The van der Waals surface area contributed by atoms with Gasteiger partial charge in [0.05, 0.1) is 26.5 Å². The summed E-state index contributed by atoms with van der Waals surface area (Å²) in [6.45, 7) is 3.12. The van der Waals surface area contributed by atoms with Gasteiger partial charge in [0.25, 0.3) is 0 Å². The molecule has 3 rings (SSSR count). The summed E-state index contributed by atoms with van der Waals surface area (Å²) in [5.74, 6) is 2.96. The Balaban J connectivity index is 1.81. The monoisotopic (exact) mass is 388 g/mol. The van der Waals surface area contributed by atoms with E-state index in [4.69, 9.17) is 14.2 Å². The van der Waals surface area contributed by atoms with Crippen LogP contribution in [-0.4, -0.2) is 44.1 Å². The third-order valence-corrected chi connectivity index (χ3v) is 5.53. The lowest BCUT2D eigenvalue weighted by molar-refractivity contribution is 0.213. The predicted molar refractivity (Wildman–Crippen MR) is 108 cm³/mol. The van der Waals surface area contributed by atoms with Crippen molar-refractivity contribution in [2.45, 2.75) is 12.3 Å². The Morgan fingerprint density at radius 3 is 2.74 bits per heavy atom. The molecule has 2 amide bonds. The largest absolute Gasteiger partial charge is 0.497 e. The molecule has 0 saturated carbocycles. The van der Waals surface area contributed by atoms with Gasteiger partial charge in [0, 0.05) is 23.9 Å². The van der Waals surface area contributed by atoms with Gasteiger partial charge in [-0.1, -0.05) is 12.1 Å². The van der Waals surface area contributed by atoms with Gasteiger partial charge in [-0.25, -0.2) is 4.79 Å². The van der Waals surface area contributed by atoms with Crippen LogP contribution in [0.1, 0.15) is 17.9 Å². The molecule has 7 heteroatoms. The van der Waals surface area contributed by atoms with Crippen LogP contribution in [0.15, 0.2) is 42.5 Å². The zero-order valence-electron chi connectivity index (χ0n) is 15.7. The number of thioether (sulfide) groups is 1. The number of nitrogens with zero attached hydrogens (tertiary/aromatic N) is 1. The second-order valence-corrected chi connectivity index (χ2v) is 7.07. The first-order chi connectivity index (χ1) is 13.2. The normalized spacial score (nSPS) is 16.1. The van der Waals surface area contributed by atoms with Gasteiger partial charge in [0.15, 0.2) is 0 Å². The van der Waals surface area contributed by atoms with Crippen LogP contribution in [0.3, 0.4) is 0 Å². The second kappa shape index (κ2) is 8.90. The van der Waals surface area contributed by atoms with Crippen molar-refractivity contribution in [3.63, 3.8) is 0 Å². The molecule has 27 heavy (non-hydrogen) atoms. The van der Waals surface area contributed by atoms with Crippen molar-refractivity contribution in [3.05, 3.63) is 48.0 Å². The molecule has 144 valence electrons. The van der Waals surface area contributed by atoms with E-state index in [1.807, 2.05) is 54.3 Å². The fraction of sp³-hybridized carbons (Fsp3) is 0.350. The lowest BCUT2D eigenvalue weighted by atomic mass is 10.1. The quantitative estimate of drug-likeness (QED) is 0.796. The van der Waals surface area contributed by atoms with Crippen LogP contribution in [0.25, 0.3) is 0 Å². The van der Waals surface area contributed by atoms with E-state index in [9.17, 15) is 4.79 Å². The van der Waals surface area contributed by atoms with E-state index in [1.165, 1.54) is 0 Å². The van der Waals surface area contributed by atoms with E-state index < -0.39 is 0 Å². The molecule has 1 heterocycles. The number of anilines is 1. The first-order valence-corrected chi connectivity index (χ1v) is 9.85. The lowest BCUT2D eigenvalue weighted by Crippen LogP contribution is -2.34. The number of carbonyl (C=O) groups excluding carboxylic acids is 1. The van der Waals surface area contributed by atoms with Gasteiger partial charge >= 0.3 is 6.03 Å². The fourth-order valence-electron chi connectivity index (χ4n) is 3.00. The van der Waals surface area contributed by atoms with E-state index in [-0.39, 0.29) is 11.4 Å². The van der Waals surface area contributed by atoms with Crippen LogP contribution in [0.2, 0.25) is 0 Å². The first kappa shape index (κ1) is 19.2. The highest BCUT2D eigenvalue weighted by atomic mass is 32.2. The highest BCUT2D eigenvalue weighted by Crippen LogP contribution is 2.43. The lowest BCUT2D eigenvalue weighted by Gasteiger charge is -2.26. The van der Waals surface area contributed by atoms with Gasteiger partial charge in [-0.05, 0) is 31.2 Å². The predicted octanol–water partition coefficient (Wildman–Crippen LogP) is 4.38. The average Bonchev–Trinajstić information content (AvgIpc) is 3.19. The number of methoxy groups -OCH3 is 2. The molecule has 1 fully saturated rings. The minimum atomic E-state index is -0.157. The Bertz CT molecular complexity index is 799. The number of nitrogens with one attached hydrogen (secondary N) is 1. The van der Waals surface area contributed by atoms with Crippen molar-refractivity contribution in [1.82, 2.24) is 4.90 Å². The zero-order chi connectivity index (χ0) is 19.2.